The molecule has 1 heterocycles. The first-order chi connectivity index (χ1) is 9.70. The first-order valence-electron chi connectivity index (χ1n) is 5.88. The number of rotatable bonds is 2. The van der Waals surface area contributed by atoms with E-state index in [4.69, 9.17) is 17.4 Å². The molecule has 0 saturated carbocycles. The molecule has 2 aromatic carbocycles. The SMILES string of the molecule is NNc1nc(-c2cccc(F)c2Cl)nc2ccccc12. The molecule has 0 saturated heterocycles. The first kappa shape index (κ1) is 12.8. The highest BCUT2D eigenvalue weighted by Gasteiger charge is 2.13. The number of hydrazine groups is 1. The quantitative estimate of drug-likeness (QED) is 0.560. The lowest BCUT2D eigenvalue weighted by molar-refractivity contribution is 0.628. The molecule has 0 fully saturated rings. The van der Waals surface area contributed by atoms with Crippen molar-refractivity contribution in [3.63, 3.8) is 0 Å². The van der Waals surface area contributed by atoms with Gasteiger partial charge in [-0.3, -0.25) is 0 Å². The van der Waals surface area contributed by atoms with Gasteiger partial charge in [0.1, 0.15) is 5.82 Å². The standard InChI is InChI=1S/C14H10ClFN4/c15-12-9(5-3-6-10(12)16)13-18-11-7-2-1-4-8(11)14(19-13)20-17/h1-7H,17H2,(H,18,19,20). The minimum absolute atomic E-state index is 0.00856. The van der Waals surface area contributed by atoms with Gasteiger partial charge in [-0.2, -0.15) is 0 Å². The topological polar surface area (TPSA) is 63.8 Å². The highest BCUT2D eigenvalue weighted by molar-refractivity contribution is 6.33. The van der Waals surface area contributed by atoms with Gasteiger partial charge in [-0.25, -0.2) is 20.2 Å². The molecule has 0 spiro atoms. The summed E-state index contributed by atoms with van der Waals surface area (Å²) in [6, 6.07) is 11.9. The predicted octanol–water partition coefficient (Wildman–Crippen LogP) is 3.37. The Balaban J connectivity index is 2.29. The number of nitrogens with one attached hydrogen (secondary N) is 1. The van der Waals surface area contributed by atoms with Crippen molar-refractivity contribution in [2.75, 3.05) is 5.43 Å². The summed E-state index contributed by atoms with van der Waals surface area (Å²) in [5.74, 6) is 5.76. The molecule has 0 bridgehead atoms. The van der Waals surface area contributed by atoms with Gasteiger partial charge in [0.2, 0.25) is 0 Å². The van der Waals surface area contributed by atoms with Crippen LogP contribution in [0.3, 0.4) is 0 Å². The van der Waals surface area contributed by atoms with E-state index in [2.05, 4.69) is 15.4 Å². The third-order valence-corrected chi connectivity index (χ3v) is 3.32. The summed E-state index contributed by atoms with van der Waals surface area (Å²) >= 11 is 5.97. The zero-order chi connectivity index (χ0) is 14.1. The molecule has 0 atom stereocenters. The maximum absolute atomic E-state index is 13.5. The van der Waals surface area contributed by atoms with Crippen LogP contribution in [0.5, 0.6) is 0 Å². The Morgan fingerprint density at radius 1 is 1.05 bits per heavy atom. The number of hydrogen-bond acceptors (Lipinski definition) is 4. The van der Waals surface area contributed by atoms with Gasteiger partial charge in [0.25, 0.3) is 0 Å². The number of benzene rings is 2. The number of halogens is 2. The molecule has 3 rings (SSSR count). The minimum atomic E-state index is -0.511. The summed E-state index contributed by atoms with van der Waals surface area (Å²) in [6.45, 7) is 0. The van der Waals surface area contributed by atoms with Crippen LogP contribution in [-0.2, 0) is 0 Å². The largest absolute Gasteiger partial charge is 0.308 e. The van der Waals surface area contributed by atoms with Gasteiger partial charge in [0.15, 0.2) is 11.6 Å². The molecule has 4 nitrogen and oxygen atoms in total. The van der Waals surface area contributed by atoms with Crippen LogP contribution in [0.1, 0.15) is 0 Å². The molecule has 0 aliphatic heterocycles. The Labute approximate surface area is 119 Å². The Morgan fingerprint density at radius 2 is 1.85 bits per heavy atom. The molecular formula is C14H10ClFN4. The van der Waals surface area contributed by atoms with Crippen molar-refractivity contribution in [1.82, 2.24) is 9.97 Å². The van der Waals surface area contributed by atoms with E-state index in [1.54, 1.807) is 12.1 Å². The van der Waals surface area contributed by atoms with Crippen molar-refractivity contribution in [2.45, 2.75) is 0 Å². The lowest BCUT2D eigenvalue weighted by atomic mass is 10.1. The summed E-state index contributed by atoms with van der Waals surface area (Å²) < 4.78 is 13.5. The number of fused-ring (bicyclic) bond motifs is 1. The molecule has 1 aromatic heterocycles. The predicted molar refractivity (Wildman–Crippen MR) is 77.8 cm³/mol. The highest BCUT2D eigenvalue weighted by atomic mass is 35.5. The second kappa shape index (κ2) is 5.03. The van der Waals surface area contributed by atoms with Crippen molar-refractivity contribution in [3.05, 3.63) is 53.3 Å². The molecule has 0 aliphatic rings. The number of nitrogen functional groups attached to an aromatic ring is 1. The molecule has 3 aromatic rings. The van der Waals surface area contributed by atoms with Gasteiger partial charge in [0, 0.05) is 10.9 Å². The zero-order valence-electron chi connectivity index (χ0n) is 10.3. The molecular weight excluding hydrogens is 279 g/mol. The van der Waals surface area contributed by atoms with Crippen molar-refractivity contribution >= 4 is 28.3 Å². The number of para-hydroxylation sites is 1. The van der Waals surface area contributed by atoms with E-state index in [1.165, 1.54) is 6.07 Å². The van der Waals surface area contributed by atoms with E-state index >= 15 is 0 Å². The molecule has 100 valence electrons. The van der Waals surface area contributed by atoms with Crippen molar-refractivity contribution < 1.29 is 4.39 Å². The van der Waals surface area contributed by atoms with Crippen molar-refractivity contribution in [1.29, 1.82) is 0 Å². The van der Waals surface area contributed by atoms with E-state index in [1.807, 2.05) is 24.3 Å². The van der Waals surface area contributed by atoms with E-state index in [0.29, 0.717) is 22.7 Å². The van der Waals surface area contributed by atoms with Crippen molar-refractivity contribution in [2.24, 2.45) is 5.84 Å². The number of hydrogen-bond donors (Lipinski definition) is 2. The van der Waals surface area contributed by atoms with Gasteiger partial charge in [-0.1, -0.05) is 29.8 Å². The molecule has 3 N–H and O–H groups in total. The summed E-state index contributed by atoms with van der Waals surface area (Å²) in [7, 11) is 0. The average Bonchev–Trinajstić information content (AvgIpc) is 2.49. The van der Waals surface area contributed by atoms with E-state index in [9.17, 15) is 4.39 Å². The molecule has 0 amide bonds. The first-order valence-corrected chi connectivity index (χ1v) is 6.26. The van der Waals surface area contributed by atoms with E-state index < -0.39 is 5.82 Å². The highest BCUT2D eigenvalue weighted by Crippen LogP contribution is 2.30. The van der Waals surface area contributed by atoms with Crippen LogP contribution in [0.2, 0.25) is 5.02 Å². The van der Waals surface area contributed by atoms with Gasteiger partial charge >= 0.3 is 0 Å². The van der Waals surface area contributed by atoms with Crippen LogP contribution in [0.25, 0.3) is 22.3 Å². The lowest BCUT2D eigenvalue weighted by Gasteiger charge is -2.09. The molecule has 0 radical (unpaired) electrons. The van der Waals surface area contributed by atoms with Crippen LogP contribution >= 0.6 is 11.6 Å². The molecule has 0 unspecified atom stereocenters. The van der Waals surface area contributed by atoms with Crippen LogP contribution in [0.15, 0.2) is 42.5 Å². The molecule has 0 aliphatic carbocycles. The van der Waals surface area contributed by atoms with Crippen LogP contribution in [0, 0.1) is 5.82 Å². The molecule has 20 heavy (non-hydrogen) atoms. The average molecular weight is 289 g/mol. The summed E-state index contributed by atoms with van der Waals surface area (Å²) in [5, 5.41) is 0.775. The second-order valence-corrected chi connectivity index (χ2v) is 4.54. The summed E-state index contributed by atoms with van der Waals surface area (Å²) in [5.41, 5.74) is 3.65. The van der Waals surface area contributed by atoms with Crippen LogP contribution in [0.4, 0.5) is 10.2 Å². The summed E-state index contributed by atoms with van der Waals surface area (Å²) in [6.07, 6.45) is 0. The number of nitrogens with two attached hydrogens (primary N) is 1. The van der Waals surface area contributed by atoms with Crippen LogP contribution in [-0.4, -0.2) is 9.97 Å². The summed E-state index contributed by atoms with van der Waals surface area (Å²) in [4.78, 5) is 8.69. The van der Waals surface area contributed by atoms with Crippen LogP contribution < -0.4 is 11.3 Å². The maximum Gasteiger partial charge on any atom is 0.163 e. The molecule has 6 heteroatoms. The number of nitrogens with zero attached hydrogens (tertiary/aromatic N) is 2. The third-order valence-electron chi connectivity index (χ3n) is 2.93. The van der Waals surface area contributed by atoms with Crippen molar-refractivity contribution in [3.8, 4) is 11.4 Å². The second-order valence-electron chi connectivity index (χ2n) is 4.16. The Kier molecular flexibility index (Phi) is 3.22. The zero-order valence-corrected chi connectivity index (χ0v) is 11.0. The van der Waals surface area contributed by atoms with Gasteiger partial charge < -0.3 is 5.43 Å². The van der Waals surface area contributed by atoms with Gasteiger partial charge in [-0.05, 0) is 24.3 Å². The van der Waals surface area contributed by atoms with Gasteiger partial charge in [-0.15, -0.1) is 0 Å². The fourth-order valence-corrected chi connectivity index (χ4v) is 2.19. The van der Waals surface area contributed by atoms with Gasteiger partial charge in [0.05, 0.1) is 10.5 Å². The third kappa shape index (κ3) is 2.07. The minimum Gasteiger partial charge on any atom is -0.308 e. The Morgan fingerprint density at radius 3 is 2.65 bits per heavy atom. The number of anilines is 1. The number of aromatic nitrogens is 2. The fourth-order valence-electron chi connectivity index (χ4n) is 1.98. The smallest absolute Gasteiger partial charge is 0.163 e. The normalized spacial score (nSPS) is 10.8. The lowest BCUT2D eigenvalue weighted by Crippen LogP contribution is -2.10. The Bertz CT molecular complexity index is 791. The maximum atomic E-state index is 13.5. The monoisotopic (exact) mass is 288 g/mol. The fraction of sp³-hybridized carbons (Fsp3) is 0. The Hall–Kier alpha value is -2.24. The van der Waals surface area contributed by atoms with E-state index in [0.717, 1.165) is 5.39 Å². The van der Waals surface area contributed by atoms with E-state index in [-0.39, 0.29) is 5.02 Å².